The van der Waals surface area contributed by atoms with E-state index in [-0.39, 0.29) is 5.91 Å². The Morgan fingerprint density at radius 1 is 1.42 bits per heavy atom. The third-order valence-corrected chi connectivity index (χ3v) is 4.18. The summed E-state index contributed by atoms with van der Waals surface area (Å²) in [7, 11) is 1.53. The summed E-state index contributed by atoms with van der Waals surface area (Å²) in [6.45, 7) is 1.89. The minimum atomic E-state index is -0.0567. The van der Waals surface area contributed by atoms with Crippen molar-refractivity contribution < 1.29 is 9.53 Å². The van der Waals surface area contributed by atoms with Crippen LogP contribution >= 0.6 is 11.6 Å². The van der Waals surface area contributed by atoms with Crippen molar-refractivity contribution >= 4 is 23.2 Å². The molecule has 5 nitrogen and oxygen atoms in total. The monoisotopic (exact) mass is 281 g/mol. The van der Waals surface area contributed by atoms with Crippen molar-refractivity contribution in [2.75, 3.05) is 25.9 Å². The molecule has 3 rings (SSSR count). The van der Waals surface area contributed by atoms with E-state index in [1.165, 1.54) is 7.11 Å². The van der Waals surface area contributed by atoms with Crippen LogP contribution in [0, 0.1) is 0 Å². The van der Waals surface area contributed by atoms with Gasteiger partial charge < -0.3 is 10.5 Å². The molecule has 6 heteroatoms. The number of piperidine rings is 1. The Hall–Kier alpha value is -1.46. The molecule has 2 aliphatic rings. The number of rotatable bonds is 2. The first kappa shape index (κ1) is 12.6. The fraction of sp³-hybridized carbons (Fsp3) is 0.462. The molecule has 0 aliphatic carbocycles. The highest BCUT2D eigenvalue weighted by molar-refractivity contribution is 6.33. The van der Waals surface area contributed by atoms with Gasteiger partial charge in [0.1, 0.15) is 5.75 Å². The van der Waals surface area contributed by atoms with Gasteiger partial charge in [-0.05, 0) is 18.9 Å². The summed E-state index contributed by atoms with van der Waals surface area (Å²) in [6, 6.07) is 3.51. The van der Waals surface area contributed by atoms with Crippen LogP contribution < -0.4 is 10.5 Å². The van der Waals surface area contributed by atoms with Crippen LogP contribution in [0.15, 0.2) is 12.1 Å². The normalized spacial score (nSPS) is 24.8. The number of anilines is 1. The summed E-state index contributed by atoms with van der Waals surface area (Å²) in [5.41, 5.74) is 6.63. The second-order valence-corrected chi connectivity index (χ2v) is 5.32. The predicted molar refractivity (Wildman–Crippen MR) is 73.2 cm³/mol. The molecule has 1 aromatic rings. The molecule has 0 spiro atoms. The third-order valence-electron chi connectivity index (χ3n) is 3.85. The molecule has 1 aromatic carbocycles. The summed E-state index contributed by atoms with van der Waals surface area (Å²) in [5, 5.41) is 4.31. The molecule has 102 valence electrons. The lowest BCUT2D eigenvalue weighted by Gasteiger charge is -2.24. The maximum Gasteiger partial charge on any atom is 0.272 e. The lowest BCUT2D eigenvalue weighted by molar-refractivity contribution is 0.0331. The first-order valence-electron chi connectivity index (χ1n) is 6.33. The summed E-state index contributed by atoms with van der Waals surface area (Å²) in [4.78, 5) is 12.7. The van der Waals surface area contributed by atoms with E-state index in [0.717, 1.165) is 25.9 Å². The van der Waals surface area contributed by atoms with E-state index in [2.05, 4.69) is 5.01 Å². The van der Waals surface area contributed by atoms with Crippen LogP contribution in [0.25, 0.3) is 0 Å². The molecule has 2 aliphatic heterocycles. The lowest BCUT2D eigenvalue weighted by Crippen LogP contribution is -2.38. The van der Waals surface area contributed by atoms with E-state index < -0.39 is 0 Å². The zero-order valence-corrected chi connectivity index (χ0v) is 11.5. The van der Waals surface area contributed by atoms with Gasteiger partial charge in [-0.2, -0.15) is 0 Å². The second kappa shape index (κ2) is 4.58. The van der Waals surface area contributed by atoms with E-state index in [0.29, 0.717) is 28.1 Å². The molecule has 2 bridgehead atoms. The SMILES string of the molecule is COc1cc(N)c(Cl)cc1C(=O)N1C2CCN1CC2. The number of fused-ring (bicyclic) bond motifs is 2. The van der Waals surface area contributed by atoms with Crippen LogP contribution in [0.3, 0.4) is 0 Å². The van der Waals surface area contributed by atoms with Crippen molar-refractivity contribution in [2.45, 2.75) is 18.9 Å². The molecule has 0 unspecified atom stereocenters. The number of hydrogen-bond donors (Lipinski definition) is 1. The largest absolute Gasteiger partial charge is 0.496 e. The number of hydrogen-bond acceptors (Lipinski definition) is 4. The number of methoxy groups -OCH3 is 1. The number of nitrogens with two attached hydrogens (primary N) is 1. The Morgan fingerprint density at radius 2 is 2.11 bits per heavy atom. The summed E-state index contributed by atoms with van der Waals surface area (Å²) >= 11 is 6.02. The molecule has 0 aromatic heterocycles. The predicted octanol–water partition coefficient (Wildman–Crippen LogP) is 1.77. The number of nitrogen functional groups attached to an aromatic ring is 1. The molecule has 0 radical (unpaired) electrons. The molecule has 19 heavy (non-hydrogen) atoms. The van der Waals surface area contributed by atoms with Gasteiger partial charge in [-0.15, -0.1) is 0 Å². The van der Waals surface area contributed by atoms with Gasteiger partial charge in [0.2, 0.25) is 0 Å². The topological polar surface area (TPSA) is 58.8 Å². The van der Waals surface area contributed by atoms with Crippen molar-refractivity contribution in [3.05, 3.63) is 22.7 Å². The van der Waals surface area contributed by atoms with Crippen LogP contribution in [0.2, 0.25) is 5.02 Å². The first-order valence-corrected chi connectivity index (χ1v) is 6.71. The summed E-state index contributed by atoms with van der Waals surface area (Å²) in [6.07, 6.45) is 2.08. The molecule has 1 amide bonds. The fourth-order valence-electron chi connectivity index (χ4n) is 2.87. The van der Waals surface area contributed by atoms with Crippen molar-refractivity contribution in [1.29, 1.82) is 0 Å². The van der Waals surface area contributed by atoms with Gasteiger partial charge in [-0.1, -0.05) is 11.6 Å². The maximum absolute atomic E-state index is 12.7. The van der Waals surface area contributed by atoms with Gasteiger partial charge in [0.15, 0.2) is 0 Å². The number of nitrogens with zero attached hydrogens (tertiary/aromatic N) is 2. The van der Waals surface area contributed by atoms with E-state index in [1.807, 2.05) is 5.01 Å². The molecule has 2 N–H and O–H groups in total. The quantitative estimate of drug-likeness (QED) is 0.840. The van der Waals surface area contributed by atoms with Crippen LogP contribution in [-0.4, -0.2) is 42.2 Å². The average Bonchev–Trinajstić information content (AvgIpc) is 3.00. The number of benzene rings is 1. The van der Waals surface area contributed by atoms with Crippen molar-refractivity contribution in [3.63, 3.8) is 0 Å². The fourth-order valence-corrected chi connectivity index (χ4v) is 3.03. The van der Waals surface area contributed by atoms with Gasteiger partial charge >= 0.3 is 0 Å². The Balaban J connectivity index is 1.97. The molecule has 2 heterocycles. The number of carbonyl (C=O) groups is 1. The number of ether oxygens (including phenoxy) is 1. The van der Waals surface area contributed by atoms with Gasteiger partial charge in [-0.3, -0.25) is 9.80 Å². The van der Waals surface area contributed by atoms with Crippen LogP contribution in [0.5, 0.6) is 5.75 Å². The maximum atomic E-state index is 12.7. The van der Waals surface area contributed by atoms with E-state index in [1.54, 1.807) is 12.1 Å². The highest BCUT2D eigenvalue weighted by Gasteiger charge is 2.41. The van der Waals surface area contributed by atoms with E-state index in [9.17, 15) is 4.79 Å². The molecule has 2 fully saturated rings. The minimum absolute atomic E-state index is 0.0567. The Kier molecular flexibility index (Phi) is 3.03. The molecule has 0 atom stereocenters. The van der Waals surface area contributed by atoms with Gasteiger partial charge in [-0.25, -0.2) is 5.01 Å². The summed E-state index contributed by atoms with van der Waals surface area (Å²) < 4.78 is 5.25. The van der Waals surface area contributed by atoms with Crippen LogP contribution in [0.1, 0.15) is 23.2 Å². The smallest absolute Gasteiger partial charge is 0.272 e. The van der Waals surface area contributed by atoms with Crippen LogP contribution in [0.4, 0.5) is 5.69 Å². The van der Waals surface area contributed by atoms with E-state index in [4.69, 9.17) is 22.1 Å². The zero-order valence-electron chi connectivity index (χ0n) is 10.7. The number of hydrazine groups is 1. The highest BCUT2D eigenvalue weighted by Crippen LogP contribution is 2.34. The number of amides is 1. The zero-order chi connectivity index (χ0) is 13.6. The average molecular weight is 282 g/mol. The molecular formula is C13H16ClN3O2. The Labute approximate surface area is 116 Å². The molecule has 2 saturated heterocycles. The second-order valence-electron chi connectivity index (χ2n) is 4.91. The van der Waals surface area contributed by atoms with Gasteiger partial charge in [0.05, 0.1) is 29.4 Å². The standard InChI is InChI=1S/C13H16ClN3O2/c1-19-12-7-11(15)10(14)6-9(12)13(18)17-8-2-4-16(17)5-3-8/h6-8H,2-5,15H2,1H3. The molecule has 0 saturated carbocycles. The molecular weight excluding hydrogens is 266 g/mol. The Morgan fingerprint density at radius 3 is 2.63 bits per heavy atom. The van der Waals surface area contributed by atoms with Crippen LogP contribution in [-0.2, 0) is 0 Å². The lowest BCUT2D eigenvalue weighted by atomic mass is 10.1. The van der Waals surface area contributed by atoms with Gasteiger partial charge in [0.25, 0.3) is 5.91 Å². The van der Waals surface area contributed by atoms with Crippen molar-refractivity contribution in [3.8, 4) is 5.75 Å². The highest BCUT2D eigenvalue weighted by atomic mass is 35.5. The number of carbonyl (C=O) groups excluding carboxylic acids is 1. The summed E-state index contributed by atoms with van der Waals surface area (Å²) in [5.74, 6) is 0.415. The first-order chi connectivity index (χ1) is 9.11. The van der Waals surface area contributed by atoms with Crippen molar-refractivity contribution in [2.24, 2.45) is 0 Å². The Bertz CT molecular complexity index is 515. The minimum Gasteiger partial charge on any atom is -0.496 e. The van der Waals surface area contributed by atoms with Crippen molar-refractivity contribution in [1.82, 2.24) is 10.0 Å². The van der Waals surface area contributed by atoms with Gasteiger partial charge in [0, 0.05) is 19.2 Å². The van der Waals surface area contributed by atoms with E-state index >= 15 is 0 Å². The number of halogens is 1. The third kappa shape index (κ3) is 1.93.